The van der Waals surface area contributed by atoms with Crippen LogP contribution in [0.3, 0.4) is 0 Å². The molecule has 5 heteroatoms. The van der Waals surface area contributed by atoms with Gasteiger partial charge < -0.3 is 9.73 Å². The third kappa shape index (κ3) is 2.66. The summed E-state index contributed by atoms with van der Waals surface area (Å²) >= 11 is 1.44. The summed E-state index contributed by atoms with van der Waals surface area (Å²) in [6.45, 7) is 0.567. The van der Waals surface area contributed by atoms with Crippen molar-refractivity contribution >= 4 is 16.5 Å². The van der Waals surface area contributed by atoms with E-state index in [4.69, 9.17) is 4.42 Å². The minimum absolute atomic E-state index is 0.259. The van der Waals surface area contributed by atoms with Crippen LogP contribution in [-0.2, 0) is 6.54 Å². The summed E-state index contributed by atoms with van der Waals surface area (Å²) in [5.41, 5.74) is 1.16. The fourth-order valence-electron chi connectivity index (χ4n) is 1.72. The molecule has 0 aliphatic rings. The summed E-state index contributed by atoms with van der Waals surface area (Å²) in [6, 6.07) is 10.3. The molecule has 1 N–H and O–H groups in total. The van der Waals surface area contributed by atoms with Crippen molar-refractivity contribution in [2.75, 3.05) is 5.32 Å². The van der Waals surface area contributed by atoms with Crippen LogP contribution in [0.2, 0.25) is 0 Å². The van der Waals surface area contributed by atoms with E-state index in [1.807, 2.05) is 17.5 Å². The number of furan rings is 1. The van der Waals surface area contributed by atoms with E-state index in [2.05, 4.69) is 10.3 Å². The van der Waals surface area contributed by atoms with Gasteiger partial charge in [0.25, 0.3) is 0 Å². The second kappa shape index (κ2) is 5.24. The second-order valence-electron chi connectivity index (χ2n) is 3.95. The van der Waals surface area contributed by atoms with Crippen LogP contribution in [0.25, 0.3) is 11.3 Å². The molecular weight excluding hydrogens is 263 g/mol. The lowest BCUT2D eigenvalue weighted by Gasteiger charge is -1.99. The van der Waals surface area contributed by atoms with Gasteiger partial charge in [-0.1, -0.05) is 12.1 Å². The van der Waals surface area contributed by atoms with E-state index in [-0.39, 0.29) is 5.82 Å². The number of benzene rings is 1. The maximum absolute atomic E-state index is 13.6. The van der Waals surface area contributed by atoms with Crippen LogP contribution in [0.5, 0.6) is 0 Å². The zero-order valence-corrected chi connectivity index (χ0v) is 10.8. The fraction of sp³-hybridized carbons (Fsp3) is 0.0714. The average Bonchev–Trinajstić information content (AvgIpc) is 3.08. The van der Waals surface area contributed by atoms with E-state index >= 15 is 0 Å². The predicted molar refractivity (Wildman–Crippen MR) is 73.5 cm³/mol. The van der Waals surface area contributed by atoms with Crippen molar-refractivity contribution in [3.63, 3.8) is 0 Å². The molecule has 0 radical (unpaired) electrons. The van der Waals surface area contributed by atoms with Crippen molar-refractivity contribution in [2.24, 2.45) is 0 Å². The second-order valence-corrected chi connectivity index (χ2v) is 4.81. The van der Waals surface area contributed by atoms with E-state index < -0.39 is 0 Å². The average molecular weight is 274 g/mol. The van der Waals surface area contributed by atoms with Gasteiger partial charge in [-0.3, -0.25) is 0 Å². The van der Waals surface area contributed by atoms with Gasteiger partial charge in [-0.25, -0.2) is 9.37 Å². The fourth-order valence-corrected chi connectivity index (χ4v) is 2.43. The highest BCUT2D eigenvalue weighted by atomic mass is 32.1. The molecule has 0 amide bonds. The molecule has 0 aliphatic carbocycles. The van der Waals surface area contributed by atoms with Crippen molar-refractivity contribution in [1.82, 2.24) is 4.98 Å². The lowest BCUT2D eigenvalue weighted by molar-refractivity contribution is 0.518. The predicted octanol–water partition coefficient (Wildman–Crippen LogP) is 4.15. The first-order valence-corrected chi connectivity index (χ1v) is 6.67. The minimum Gasteiger partial charge on any atom is -0.467 e. The molecule has 1 aromatic carbocycles. The Morgan fingerprint density at radius 1 is 1.21 bits per heavy atom. The van der Waals surface area contributed by atoms with Gasteiger partial charge in [0.1, 0.15) is 11.6 Å². The van der Waals surface area contributed by atoms with Gasteiger partial charge in [0, 0.05) is 10.9 Å². The number of rotatable bonds is 4. The van der Waals surface area contributed by atoms with Gasteiger partial charge in [0.2, 0.25) is 0 Å². The number of aromatic nitrogens is 1. The highest BCUT2D eigenvalue weighted by Crippen LogP contribution is 2.26. The number of anilines is 1. The van der Waals surface area contributed by atoms with Crippen LogP contribution in [0.15, 0.2) is 52.5 Å². The Labute approximate surface area is 113 Å². The monoisotopic (exact) mass is 274 g/mol. The largest absolute Gasteiger partial charge is 0.467 e. The molecule has 3 nitrogen and oxygen atoms in total. The van der Waals surface area contributed by atoms with E-state index in [0.717, 1.165) is 10.9 Å². The molecule has 2 heterocycles. The van der Waals surface area contributed by atoms with Crippen LogP contribution in [0, 0.1) is 5.82 Å². The topological polar surface area (TPSA) is 38.1 Å². The molecule has 0 aliphatic heterocycles. The molecule has 0 fully saturated rings. The standard InChI is InChI=1S/C14H11FN2OS/c15-12-6-2-1-5-11(12)13-9-19-14(17-13)16-8-10-4-3-7-18-10/h1-7,9H,8H2,(H,16,17). The smallest absolute Gasteiger partial charge is 0.183 e. The summed E-state index contributed by atoms with van der Waals surface area (Å²) in [7, 11) is 0. The first kappa shape index (κ1) is 11.9. The quantitative estimate of drug-likeness (QED) is 0.776. The Hall–Kier alpha value is -2.14. The SMILES string of the molecule is Fc1ccccc1-c1csc(NCc2ccco2)n1. The van der Waals surface area contributed by atoms with Gasteiger partial charge in [-0.15, -0.1) is 11.3 Å². The summed E-state index contributed by atoms with van der Waals surface area (Å²) in [6.07, 6.45) is 1.63. The molecule has 0 saturated heterocycles. The maximum Gasteiger partial charge on any atom is 0.183 e. The Morgan fingerprint density at radius 2 is 2.11 bits per heavy atom. The molecular formula is C14H11FN2OS. The number of nitrogens with one attached hydrogen (secondary N) is 1. The summed E-state index contributed by atoms with van der Waals surface area (Å²) in [5.74, 6) is 0.577. The highest BCUT2D eigenvalue weighted by molar-refractivity contribution is 7.14. The summed E-state index contributed by atoms with van der Waals surface area (Å²) < 4.78 is 18.8. The Kier molecular flexibility index (Phi) is 3.29. The Balaban J connectivity index is 1.75. The van der Waals surface area contributed by atoms with Crippen LogP contribution in [-0.4, -0.2) is 4.98 Å². The molecule has 0 spiro atoms. The van der Waals surface area contributed by atoms with Gasteiger partial charge in [0.15, 0.2) is 5.13 Å². The van der Waals surface area contributed by atoms with E-state index in [9.17, 15) is 4.39 Å². The van der Waals surface area contributed by atoms with E-state index in [1.54, 1.807) is 24.5 Å². The van der Waals surface area contributed by atoms with Crippen LogP contribution in [0.1, 0.15) is 5.76 Å². The normalized spacial score (nSPS) is 10.6. The van der Waals surface area contributed by atoms with Crippen molar-refractivity contribution in [2.45, 2.75) is 6.54 Å². The molecule has 3 aromatic rings. The first-order chi connectivity index (χ1) is 9.33. The van der Waals surface area contributed by atoms with E-state index in [0.29, 0.717) is 17.8 Å². The molecule has 3 rings (SSSR count). The Morgan fingerprint density at radius 3 is 2.89 bits per heavy atom. The molecule has 0 unspecified atom stereocenters. The first-order valence-electron chi connectivity index (χ1n) is 5.79. The molecule has 0 atom stereocenters. The lowest BCUT2D eigenvalue weighted by atomic mass is 10.2. The van der Waals surface area contributed by atoms with Gasteiger partial charge in [0.05, 0.1) is 18.5 Å². The van der Waals surface area contributed by atoms with Gasteiger partial charge in [-0.05, 0) is 24.3 Å². The van der Waals surface area contributed by atoms with Crippen molar-refractivity contribution < 1.29 is 8.81 Å². The maximum atomic E-state index is 13.6. The number of hydrogen-bond donors (Lipinski definition) is 1. The zero-order valence-electron chi connectivity index (χ0n) is 9.97. The van der Waals surface area contributed by atoms with E-state index in [1.165, 1.54) is 17.4 Å². The van der Waals surface area contributed by atoms with Crippen LogP contribution >= 0.6 is 11.3 Å². The van der Waals surface area contributed by atoms with Crippen molar-refractivity contribution in [3.8, 4) is 11.3 Å². The molecule has 96 valence electrons. The number of hydrogen-bond acceptors (Lipinski definition) is 4. The van der Waals surface area contributed by atoms with Crippen LogP contribution < -0.4 is 5.32 Å². The summed E-state index contributed by atoms with van der Waals surface area (Å²) in [5, 5.41) is 5.73. The van der Waals surface area contributed by atoms with Crippen LogP contribution in [0.4, 0.5) is 9.52 Å². The summed E-state index contributed by atoms with van der Waals surface area (Å²) in [4.78, 5) is 4.37. The molecule has 19 heavy (non-hydrogen) atoms. The third-order valence-electron chi connectivity index (χ3n) is 2.65. The third-order valence-corrected chi connectivity index (χ3v) is 3.45. The lowest BCUT2D eigenvalue weighted by Crippen LogP contribution is -1.97. The molecule has 0 bridgehead atoms. The van der Waals surface area contributed by atoms with Crippen molar-refractivity contribution in [1.29, 1.82) is 0 Å². The van der Waals surface area contributed by atoms with Gasteiger partial charge >= 0.3 is 0 Å². The zero-order chi connectivity index (χ0) is 13.1. The minimum atomic E-state index is -0.259. The Bertz CT molecular complexity index is 664. The van der Waals surface area contributed by atoms with Gasteiger partial charge in [-0.2, -0.15) is 0 Å². The highest BCUT2D eigenvalue weighted by Gasteiger charge is 2.08. The van der Waals surface area contributed by atoms with Crippen molar-refractivity contribution in [3.05, 3.63) is 59.6 Å². The number of thiazole rings is 1. The number of halogens is 1. The molecule has 0 saturated carbocycles. The molecule has 2 aromatic heterocycles. The number of nitrogens with zero attached hydrogens (tertiary/aromatic N) is 1.